The van der Waals surface area contributed by atoms with Crippen LogP contribution in [0.4, 0.5) is 0 Å². The Labute approximate surface area is 127 Å². The number of benzene rings is 1. The first-order valence-electron chi connectivity index (χ1n) is 7.17. The van der Waals surface area contributed by atoms with Crippen LogP contribution in [0.25, 0.3) is 0 Å². The zero-order valence-corrected chi connectivity index (χ0v) is 12.1. The first-order chi connectivity index (χ1) is 10.6. The van der Waals surface area contributed by atoms with Gasteiger partial charge in [0.25, 0.3) is 0 Å². The van der Waals surface area contributed by atoms with Crippen LogP contribution < -0.4 is 5.32 Å². The first kappa shape index (κ1) is 15.4. The molecule has 2 aliphatic heterocycles. The molecule has 120 valence electrons. The highest BCUT2D eigenvalue weighted by atomic mass is 16.7. The number of nitrogens with one attached hydrogen (secondary N) is 1. The molecule has 1 amide bonds. The lowest BCUT2D eigenvalue weighted by Gasteiger charge is -2.46. The van der Waals surface area contributed by atoms with Gasteiger partial charge >= 0.3 is 0 Å². The maximum atomic E-state index is 11.2. The van der Waals surface area contributed by atoms with Gasteiger partial charge in [0.1, 0.15) is 24.4 Å². The van der Waals surface area contributed by atoms with Crippen molar-refractivity contribution in [2.75, 3.05) is 6.61 Å². The lowest BCUT2D eigenvalue weighted by Crippen LogP contribution is -2.66. The summed E-state index contributed by atoms with van der Waals surface area (Å²) in [6.45, 7) is 1.49. The lowest BCUT2D eigenvalue weighted by atomic mass is 9.96. The number of ether oxygens (including phenoxy) is 3. The highest BCUT2D eigenvalue weighted by Gasteiger charge is 2.49. The third kappa shape index (κ3) is 2.99. The van der Waals surface area contributed by atoms with Crippen LogP contribution in [0, 0.1) is 0 Å². The van der Waals surface area contributed by atoms with Gasteiger partial charge in [-0.15, -0.1) is 0 Å². The molecule has 3 N–H and O–H groups in total. The standard InChI is InChI=1S/C15H19NO6/c1-8(17)16-11-12(18)13-10(21-14(11)19)7-20-15(22-13)9-5-3-2-4-6-9/h2-6,10-15,18-19H,7H2,1H3,(H,16,17)/t10-,11-,12-,13+,14+,15-/m1/s1. The molecule has 1 aromatic carbocycles. The van der Waals surface area contributed by atoms with E-state index >= 15 is 0 Å². The Hall–Kier alpha value is -1.51. The van der Waals surface area contributed by atoms with Gasteiger partial charge in [-0.1, -0.05) is 30.3 Å². The van der Waals surface area contributed by atoms with E-state index in [0.717, 1.165) is 5.56 Å². The van der Waals surface area contributed by atoms with Gasteiger partial charge in [-0.2, -0.15) is 0 Å². The number of hydrogen-bond acceptors (Lipinski definition) is 6. The minimum atomic E-state index is -1.30. The van der Waals surface area contributed by atoms with Gasteiger partial charge < -0.3 is 29.7 Å². The molecular formula is C15H19NO6. The molecule has 0 unspecified atom stereocenters. The summed E-state index contributed by atoms with van der Waals surface area (Å²) in [6.07, 6.45) is -4.29. The fraction of sp³-hybridized carbons (Fsp3) is 0.533. The van der Waals surface area contributed by atoms with E-state index in [1.165, 1.54) is 6.92 Å². The van der Waals surface area contributed by atoms with Gasteiger partial charge in [0.15, 0.2) is 12.6 Å². The van der Waals surface area contributed by atoms with E-state index < -0.39 is 36.9 Å². The lowest BCUT2D eigenvalue weighted by molar-refractivity contribution is -0.337. The number of hydrogen-bond donors (Lipinski definition) is 3. The van der Waals surface area contributed by atoms with Crippen LogP contribution >= 0.6 is 0 Å². The van der Waals surface area contributed by atoms with Crippen LogP contribution in [-0.2, 0) is 19.0 Å². The van der Waals surface area contributed by atoms with Crippen LogP contribution in [0.15, 0.2) is 30.3 Å². The Kier molecular flexibility index (Phi) is 4.42. The van der Waals surface area contributed by atoms with E-state index in [1.54, 1.807) is 0 Å². The van der Waals surface area contributed by atoms with Gasteiger partial charge in [0.2, 0.25) is 5.91 Å². The largest absolute Gasteiger partial charge is 0.388 e. The van der Waals surface area contributed by atoms with E-state index in [4.69, 9.17) is 14.2 Å². The molecule has 2 heterocycles. The maximum Gasteiger partial charge on any atom is 0.217 e. The Bertz CT molecular complexity index is 524. The zero-order chi connectivity index (χ0) is 15.7. The van der Waals surface area contributed by atoms with Crippen LogP contribution in [0.1, 0.15) is 18.8 Å². The molecular weight excluding hydrogens is 290 g/mol. The predicted octanol–water partition coefficient (Wildman–Crippen LogP) is -0.317. The van der Waals surface area contributed by atoms with Crippen LogP contribution in [0.2, 0.25) is 0 Å². The molecule has 7 heteroatoms. The van der Waals surface area contributed by atoms with Crippen molar-refractivity contribution in [1.29, 1.82) is 0 Å². The van der Waals surface area contributed by atoms with Crippen molar-refractivity contribution in [3.63, 3.8) is 0 Å². The van der Waals surface area contributed by atoms with Crippen molar-refractivity contribution >= 4 is 5.91 Å². The van der Waals surface area contributed by atoms with Crippen molar-refractivity contribution in [2.24, 2.45) is 0 Å². The molecule has 0 aliphatic carbocycles. The highest BCUT2D eigenvalue weighted by Crippen LogP contribution is 2.33. The average Bonchev–Trinajstić information content (AvgIpc) is 2.52. The molecule has 0 radical (unpaired) electrons. The summed E-state index contributed by atoms with van der Waals surface area (Å²) < 4.78 is 16.8. The van der Waals surface area contributed by atoms with Gasteiger partial charge in [0.05, 0.1) is 6.61 Å². The topological polar surface area (TPSA) is 97.3 Å². The summed E-state index contributed by atoms with van der Waals surface area (Å²) >= 11 is 0. The Morgan fingerprint density at radius 1 is 1.23 bits per heavy atom. The molecule has 0 spiro atoms. The third-order valence-electron chi connectivity index (χ3n) is 3.83. The van der Waals surface area contributed by atoms with E-state index in [9.17, 15) is 15.0 Å². The van der Waals surface area contributed by atoms with Crippen molar-refractivity contribution in [2.45, 2.75) is 43.9 Å². The summed E-state index contributed by atoms with van der Waals surface area (Å²) in [5.41, 5.74) is 0.829. The fourth-order valence-electron chi connectivity index (χ4n) is 2.78. The maximum absolute atomic E-state index is 11.2. The Balaban J connectivity index is 1.75. The molecule has 3 rings (SSSR count). The molecule has 0 aromatic heterocycles. The van der Waals surface area contributed by atoms with Crippen molar-refractivity contribution < 1.29 is 29.2 Å². The highest BCUT2D eigenvalue weighted by molar-refractivity contribution is 5.73. The molecule has 6 atom stereocenters. The predicted molar refractivity (Wildman–Crippen MR) is 74.5 cm³/mol. The Morgan fingerprint density at radius 2 is 1.95 bits per heavy atom. The van der Waals surface area contributed by atoms with Gasteiger partial charge in [-0.25, -0.2) is 0 Å². The molecule has 2 fully saturated rings. The van der Waals surface area contributed by atoms with Crippen LogP contribution in [-0.4, -0.2) is 53.4 Å². The van der Waals surface area contributed by atoms with Crippen LogP contribution in [0.5, 0.6) is 0 Å². The molecule has 2 saturated heterocycles. The second-order valence-corrected chi connectivity index (χ2v) is 5.46. The van der Waals surface area contributed by atoms with Crippen molar-refractivity contribution in [3.05, 3.63) is 35.9 Å². The zero-order valence-electron chi connectivity index (χ0n) is 12.1. The molecule has 0 bridgehead atoms. The minimum absolute atomic E-state index is 0.186. The molecule has 7 nitrogen and oxygen atoms in total. The minimum Gasteiger partial charge on any atom is -0.388 e. The summed E-state index contributed by atoms with van der Waals surface area (Å²) in [5, 5.41) is 22.8. The van der Waals surface area contributed by atoms with Gasteiger partial charge in [0, 0.05) is 12.5 Å². The van der Waals surface area contributed by atoms with Gasteiger partial charge in [-0.05, 0) is 0 Å². The number of amides is 1. The molecule has 22 heavy (non-hydrogen) atoms. The SMILES string of the molecule is CC(=O)N[C@@H]1[C@@H](O)[C@H]2O[C@H](c3ccccc3)OC[C@H]2O[C@@H]1O. The third-order valence-corrected chi connectivity index (χ3v) is 3.83. The van der Waals surface area contributed by atoms with E-state index in [-0.39, 0.29) is 12.5 Å². The fourth-order valence-corrected chi connectivity index (χ4v) is 2.78. The number of carbonyl (C=O) groups is 1. The normalized spacial score (nSPS) is 38.1. The van der Waals surface area contributed by atoms with Crippen LogP contribution in [0.3, 0.4) is 0 Å². The quantitative estimate of drug-likeness (QED) is 0.693. The number of fused-ring (bicyclic) bond motifs is 1. The second kappa shape index (κ2) is 6.31. The summed E-state index contributed by atoms with van der Waals surface area (Å²) in [5.74, 6) is -0.364. The Morgan fingerprint density at radius 3 is 2.64 bits per heavy atom. The summed E-state index contributed by atoms with van der Waals surface area (Å²) in [6, 6.07) is 8.41. The average molecular weight is 309 g/mol. The van der Waals surface area contributed by atoms with E-state index in [2.05, 4.69) is 5.32 Å². The summed E-state index contributed by atoms with van der Waals surface area (Å²) in [4.78, 5) is 11.2. The number of carbonyl (C=O) groups excluding carboxylic acids is 1. The van der Waals surface area contributed by atoms with Crippen molar-refractivity contribution in [3.8, 4) is 0 Å². The van der Waals surface area contributed by atoms with E-state index in [1.807, 2.05) is 30.3 Å². The van der Waals surface area contributed by atoms with E-state index in [0.29, 0.717) is 0 Å². The summed E-state index contributed by atoms with van der Waals surface area (Å²) in [7, 11) is 0. The molecule has 0 saturated carbocycles. The van der Waals surface area contributed by atoms with Gasteiger partial charge in [-0.3, -0.25) is 4.79 Å². The second-order valence-electron chi connectivity index (χ2n) is 5.46. The molecule has 2 aliphatic rings. The molecule has 1 aromatic rings. The van der Waals surface area contributed by atoms with Crippen molar-refractivity contribution in [1.82, 2.24) is 5.32 Å². The smallest absolute Gasteiger partial charge is 0.217 e. The number of aliphatic hydroxyl groups excluding tert-OH is 2. The number of rotatable bonds is 2. The number of aliphatic hydroxyl groups is 2. The monoisotopic (exact) mass is 309 g/mol. The first-order valence-corrected chi connectivity index (χ1v) is 7.17.